The van der Waals surface area contributed by atoms with Crippen molar-refractivity contribution in [3.8, 4) is 11.5 Å². The number of para-hydroxylation sites is 1. The van der Waals surface area contributed by atoms with Crippen molar-refractivity contribution in [2.45, 2.75) is 10.1 Å². The summed E-state index contributed by atoms with van der Waals surface area (Å²) >= 11 is 1.26. The van der Waals surface area contributed by atoms with Gasteiger partial charge in [0, 0.05) is 37.8 Å². The van der Waals surface area contributed by atoms with Crippen LogP contribution in [0.4, 0.5) is 16.2 Å². The molecule has 2 amide bonds. The van der Waals surface area contributed by atoms with Gasteiger partial charge >= 0.3 is 11.7 Å². The third-order valence-corrected chi connectivity index (χ3v) is 6.54. The normalized spacial score (nSPS) is 10.9. The number of carbonyl (C=O) groups is 1. The van der Waals surface area contributed by atoms with Crippen molar-refractivity contribution in [2.24, 2.45) is 21.1 Å². The molecular weight excluding hydrogens is 472 g/mol. The van der Waals surface area contributed by atoms with E-state index < -0.39 is 17.3 Å². The largest absolute Gasteiger partial charge is 0.493 e. The zero-order valence-corrected chi connectivity index (χ0v) is 20.6. The molecule has 11 nitrogen and oxygen atoms in total. The van der Waals surface area contributed by atoms with Gasteiger partial charge in [0.05, 0.1) is 19.9 Å². The third kappa shape index (κ3) is 4.47. The van der Waals surface area contributed by atoms with E-state index in [1.54, 1.807) is 49.0 Å². The Bertz CT molecular complexity index is 1550. The van der Waals surface area contributed by atoms with E-state index in [1.165, 1.54) is 37.6 Å². The van der Waals surface area contributed by atoms with Crippen LogP contribution in [0.25, 0.3) is 11.2 Å². The van der Waals surface area contributed by atoms with Gasteiger partial charge in [-0.05, 0) is 36.0 Å². The average molecular weight is 497 g/mol. The number of anilines is 2. The zero-order chi connectivity index (χ0) is 25.3. The monoisotopic (exact) mass is 496 g/mol. The molecule has 0 saturated heterocycles. The lowest BCUT2D eigenvalue weighted by Crippen LogP contribution is -2.37. The van der Waals surface area contributed by atoms with Crippen LogP contribution in [0.3, 0.4) is 0 Å². The van der Waals surface area contributed by atoms with Crippen LogP contribution < -0.4 is 31.4 Å². The van der Waals surface area contributed by atoms with Gasteiger partial charge in [-0.2, -0.15) is 0 Å². The third-order valence-electron chi connectivity index (χ3n) is 5.41. The van der Waals surface area contributed by atoms with Crippen LogP contribution in [0.15, 0.2) is 62.1 Å². The Morgan fingerprint density at radius 1 is 0.914 bits per heavy atom. The molecule has 4 aromatic rings. The number of carbonyl (C=O) groups excluding carboxylic acids is 1. The molecule has 0 radical (unpaired) electrons. The minimum atomic E-state index is -0.453. The topological polar surface area (TPSA) is 121 Å². The number of hydrogen-bond donors (Lipinski definition) is 2. The SMILES string of the molecule is COc1ccc(NC(=O)Nc2ccccc2Sc2nc3c(c(=O)n(C)c(=O)n3C)n2C)cc1OC. The molecule has 4 rings (SSSR count). The summed E-state index contributed by atoms with van der Waals surface area (Å²) < 4.78 is 14.5. The Balaban J connectivity index is 1.60. The van der Waals surface area contributed by atoms with Gasteiger partial charge in [-0.3, -0.25) is 13.9 Å². The van der Waals surface area contributed by atoms with Crippen molar-refractivity contribution in [2.75, 3.05) is 24.9 Å². The van der Waals surface area contributed by atoms with Crippen LogP contribution in [-0.4, -0.2) is 38.9 Å². The van der Waals surface area contributed by atoms with Crippen LogP contribution in [0.1, 0.15) is 0 Å². The molecule has 182 valence electrons. The fourth-order valence-electron chi connectivity index (χ4n) is 3.55. The van der Waals surface area contributed by atoms with E-state index in [-0.39, 0.29) is 0 Å². The van der Waals surface area contributed by atoms with Gasteiger partial charge < -0.3 is 24.7 Å². The maximum absolute atomic E-state index is 12.7. The highest BCUT2D eigenvalue weighted by molar-refractivity contribution is 7.99. The van der Waals surface area contributed by atoms with Gasteiger partial charge in [-0.15, -0.1) is 0 Å². The molecule has 35 heavy (non-hydrogen) atoms. The van der Waals surface area contributed by atoms with Crippen LogP contribution >= 0.6 is 11.8 Å². The number of nitrogens with zero attached hydrogens (tertiary/aromatic N) is 4. The predicted molar refractivity (Wildman–Crippen MR) is 134 cm³/mol. The number of imidazole rings is 1. The standard InChI is InChI=1S/C23H24N6O5S/c1-27-18-19(28(2)23(32)29(3)20(18)30)26-22(27)35-17-9-7-6-8-14(17)25-21(31)24-13-10-11-15(33-4)16(12-13)34-5/h6-12H,1-5H3,(H2,24,25,31). The first kappa shape index (κ1) is 24.0. The second kappa shape index (κ2) is 9.58. The second-order valence-corrected chi connectivity index (χ2v) is 8.59. The van der Waals surface area contributed by atoms with Crippen molar-refractivity contribution in [1.29, 1.82) is 0 Å². The van der Waals surface area contributed by atoms with Crippen molar-refractivity contribution < 1.29 is 14.3 Å². The van der Waals surface area contributed by atoms with E-state index in [4.69, 9.17) is 9.47 Å². The molecule has 0 aliphatic carbocycles. The highest BCUT2D eigenvalue weighted by Gasteiger charge is 2.19. The van der Waals surface area contributed by atoms with E-state index in [0.717, 1.165) is 4.57 Å². The lowest BCUT2D eigenvalue weighted by Gasteiger charge is -2.13. The molecule has 2 aromatic heterocycles. The number of nitrogens with one attached hydrogen (secondary N) is 2. The number of aromatic nitrogens is 4. The summed E-state index contributed by atoms with van der Waals surface area (Å²) in [7, 11) is 7.77. The summed E-state index contributed by atoms with van der Waals surface area (Å²) in [4.78, 5) is 42.9. The molecule has 2 heterocycles. The quantitative estimate of drug-likeness (QED) is 0.421. The summed E-state index contributed by atoms with van der Waals surface area (Å²) in [5, 5.41) is 6.10. The lowest BCUT2D eigenvalue weighted by atomic mass is 10.2. The molecule has 2 N–H and O–H groups in total. The average Bonchev–Trinajstić information content (AvgIpc) is 3.18. The predicted octanol–water partition coefficient (Wildman–Crippen LogP) is 2.78. The Kier molecular flexibility index (Phi) is 6.56. The molecule has 0 unspecified atom stereocenters. The molecule has 0 fully saturated rings. The molecule has 0 aliphatic heterocycles. The van der Waals surface area contributed by atoms with Crippen LogP contribution in [-0.2, 0) is 21.1 Å². The maximum Gasteiger partial charge on any atom is 0.332 e. The van der Waals surface area contributed by atoms with E-state index in [9.17, 15) is 14.4 Å². The molecule has 0 bridgehead atoms. The number of urea groups is 1. The summed E-state index contributed by atoms with van der Waals surface area (Å²) in [6, 6.07) is 11.8. The smallest absolute Gasteiger partial charge is 0.332 e. The minimum Gasteiger partial charge on any atom is -0.493 e. The minimum absolute atomic E-state index is 0.291. The summed E-state index contributed by atoms with van der Waals surface area (Å²) in [6.07, 6.45) is 0. The first-order valence-corrected chi connectivity index (χ1v) is 11.3. The van der Waals surface area contributed by atoms with E-state index in [0.29, 0.717) is 44.1 Å². The van der Waals surface area contributed by atoms with Crippen molar-refractivity contribution in [3.63, 3.8) is 0 Å². The molecule has 2 aromatic carbocycles. The number of ether oxygens (including phenoxy) is 2. The number of benzene rings is 2. The van der Waals surface area contributed by atoms with Gasteiger partial charge in [0.25, 0.3) is 5.56 Å². The van der Waals surface area contributed by atoms with Gasteiger partial charge in [0.2, 0.25) is 0 Å². The fourth-order valence-corrected chi connectivity index (χ4v) is 4.48. The molecule has 0 saturated carbocycles. The summed E-state index contributed by atoms with van der Waals surface area (Å²) in [5.74, 6) is 1.04. The van der Waals surface area contributed by atoms with E-state index >= 15 is 0 Å². The Morgan fingerprint density at radius 3 is 2.34 bits per heavy atom. The summed E-state index contributed by atoms with van der Waals surface area (Å²) in [5.41, 5.74) is 0.798. The number of aryl methyl sites for hydroxylation is 2. The Labute approximate surface area is 204 Å². The molecule has 0 spiro atoms. The van der Waals surface area contributed by atoms with Crippen molar-refractivity contribution in [1.82, 2.24) is 18.7 Å². The van der Waals surface area contributed by atoms with E-state index in [2.05, 4.69) is 15.6 Å². The molecular formula is C23H24N6O5S. The van der Waals surface area contributed by atoms with Gasteiger partial charge in [-0.1, -0.05) is 12.1 Å². The van der Waals surface area contributed by atoms with Crippen LogP contribution in [0.2, 0.25) is 0 Å². The van der Waals surface area contributed by atoms with Gasteiger partial charge in [0.15, 0.2) is 27.8 Å². The maximum atomic E-state index is 12.7. The van der Waals surface area contributed by atoms with Crippen LogP contribution in [0.5, 0.6) is 11.5 Å². The van der Waals surface area contributed by atoms with Crippen LogP contribution in [0, 0.1) is 0 Å². The fraction of sp³-hybridized carbons (Fsp3) is 0.217. The number of methoxy groups -OCH3 is 2. The first-order chi connectivity index (χ1) is 16.7. The molecule has 0 aliphatic rings. The van der Waals surface area contributed by atoms with Gasteiger partial charge in [0.1, 0.15) is 0 Å². The molecule has 12 heteroatoms. The van der Waals surface area contributed by atoms with E-state index in [1.807, 2.05) is 12.1 Å². The van der Waals surface area contributed by atoms with Crippen molar-refractivity contribution >= 4 is 40.3 Å². The number of hydrogen-bond acceptors (Lipinski definition) is 7. The number of fused-ring (bicyclic) bond motifs is 1. The Hall–Kier alpha value is -4.19. The number of amides is 2. The Morgan fingerprint density at radius 2 is 1.63 bits per heavy atom. The van der Waals surface area contributed by atoms with Gasteiger partial charge in [-0.25, -0.2) is 14.6 Å². The first-order valence-electron chi connectivity index (χ1n) is 10.4. The zero-order valence-electron chi connectivity index (χ0n) is 19.8. The summed E-state index contributed by atoms with van der Waals surface area (Å²) in [6.45, 7) is 0. The highest BCUT2D eigenvalue weighted by Crippen LogP contribution is 2.34. The second-order valence-electron chi connectivity index (χ2n) is 7.58. The number of rotatable bonds is 6. The lowest BCUT2D eigenvalue weighted by molar-refractivity contribution is 0.262. The highest BCUT2D eigenvalue weighted by atomic mass is 32.2. The molecule has 0 atom stereocenters. The van der Waals surface area contributed by atoms with Crippen molar-refractivity contribution in [3.05, 3.63) is 63.3 Å².